The molecule has 1 aromatic rings. The standard InChI is InChI=1S/C29H39NO/c1-20-17-26(30-22(3)23-11-8-7-9-12-23)16-15-25(19-28(20)29(4,5)6)21(2)24-13-10-14-27(31)18-24/h7-9,11-12,17,19,24,27-28,30-31H,1-3,10,13-16,18H2,4-6H3/b25-19+,26-17+. The summed E-state index contributed by atoms with van der Waals surface area (Å²) in [5.74, 6) is 0.609. The van der Waals surface area contributed by atoms with Gasteiger partial charge in [-0.2, -0.15) is 0 Å². The van der Waals surface area contributed by atoms with Gasteiger partial charge in [-0.25, -0.2) is 0 Å². The van der Waals surface area contributed by atoms with E-state index in [0.717, 1.165) is 61.1 Å². The van der Waals surface area contributed by atoms with E-state index < -0.39 is 0 Å². The molecule has 0 radical (unpaired) electrons. The Morgan fingerprint density at radius 2 is 1.77 bits per heavy atom. The third-order valence-corrected chi connectivity index (χ3v) is 6.71. The van der Waals surface area contributed by atoms with Crippen LogP contribution >= 0.6 is 0 Å². The molecule has 2 aliphatic carbocycles. The Morgan fingerprint density at radius 3 is 2.42 bits per heavy atom. The van der Waals surface area contributed by atoms with Gasteiger partial charge in [0.15, 0.2) is 0 Å². The summed E-state index contributed by atoms with van der Waals surface area (Å²) in [5.41, 5.74) is 6.87. The van der Waals surface area contributed by atoms with E-state index in [4.69, 9.17) is 0 Å². The lowest BCUT2D eigenvalue weighted by Crippen LogP contribution is -2.25. The molecule has 0 heterocycles. The molecule has 3 rings (SSSR count). The van der Waals surface area contributed by atoms with Crippen LogP contribution in [-0.2, 0) is 0 Å². The van der Waals surface area contributed by atoms with E-state index in [0.29, 0.717) is 5.92 Å². The molecule has 2 N–H and O–H groups in total. The van der Waals surface area contributed by atoms with Crippen molar-refractivity contribution in [2.45, 2.75) is 65.4 Å². The van der Waals surface area contributed by atoms with Crippen molar-refractivity contribution in [3.05, 3.63) is 90.2 Å². The zero-order chi connectivity index (χ0) is 22.6. The second-order valence-corrected chi connectivity index (χ2v) is 10.3. The van der Waals surface area contributed by atoms with E-state index >= 15 is 0 Å². The number of aliphatic hydroxyl groups is 1. The fourth-order valence-electron chi connectivity index (χ4n) is 4.87. The zero-order valence-corrected chi connectivity index (χ0v) is 19.6. The van der Waals surface area contributed by atoms with Gasteiger partial charge in [0.2, 0.25) is 0 Å². The Kier molecular flexibility index (Phi) is 7.43. The maximum Gasteiger partial charge on any atom is 0.0546 e. The number of nitrogens with one attached hydrogen (secondary N) is 1. The van der Waals surface area contributed by atoms with E-state index in [-0.39, 0.29) is 17.4 Å². The lowest BCUT2D eigenvalue weighted by Gasteiger charge is -2.34. The van der Waals surface area contributed by atoms with Crippen molar-refractivity contribution in [2.75, 3.05) is 0 Å². The predicted molar refractivity (Wildman–Crippen MR) is 133 cm³/mol. The Morgan fingerprint density at radius 1 is 1.06 bits per heavy atom. The van der Waals surface area contributed by atoms with Gasteiger partial charge in [-0.3, -0.25) is 0 Å². The number of hydrogen-bond donors (Lipinski definition) is 2. The molecule has 0 saturated heterocycles. The molecule has 166 valence electrons. The Balaban J connectivity index is 1.85. The SMILES string of the molecule is C=C(N/C1=C/C(=C)C(C(C)(C)C)/C=C(/C(=C)C2CCCC(O)C2)CC1)c1ccccc1. The van der Waals surface area contributed by atoms with Gasteiger partial charge in [-0.1, -0.05) is 83.3 Å². The number of allylic oxidation sites excluding steroid dienone is 6. The van der Waals surface area contributed by atoms with Crippen LogP contribution in [-0.4, -0.2) is 11.2 Å². The highest BCUT2D eigenvalue weighted by atomic mass is 16.3. The first-order chi connectivity index (χ1) is 14.6. The predicted octanol–water partition coefficient (Wildman–Crippen LogP) is 7.18. The average molecular weight is 418 g/mol. The molecule has 1 fully saturated rings. The van der Waals surface area contributed by atoms with Gasteiger partial charge in [0.05, 0.1) is 6.10 Å². The highest BCUT2D eigenvalue weighted by Crippen LogP contribution is 2.41. The van der Waals surface area contributed by atoms with Crippen LogP contribution in [0.5, 0.6) is 0 Å². The molecule has 0 spiro atoms. The summed E-state index contributed by atoms with van der Waals surface area (Å²) >= 11 is 0. The maximum atomic E-state index is 10.2. The van der Waals surface area contributed by atoms with Crippen LogP contribution in [0.25, 0.3) is 5.70 Å². The Bertz CT molecular complexity index is 881. The monoisotopic (exact) mass is 417 g/mol. The lowest BCUT2D eigenvalue weighted by atomic mass is 9.72. The van der Waals surface area contributed by atoms with Crippen molar-refractivity contribution < 1.29 is 5.11 Å². The fraction of sp³-hybridized carbons (Fsp3) is 0.448. The first-order valence-corrected chi connectivity index (χ1v) is 11.6. The van der Waals surface area contributed by atoms with E-state index in [1.165, 1.54) is 11.1 Å². The van der Waals surface area contributed by atoms with Crippen molar-refractivity contribution in [1.29, 1.82) is 0 Å². The smallest absolute Gasteiger partial charge is 0.0546 e. The van der Waals surface area contributed by atoms with Gasteiger partial charge in [-0.15, -0.1) is 0 Å². The van der Waals surface area contributed by atoms with Gasteiger partial charge in [0.1, 0.15) is 0 Å². The van der Waals surface area contributed by atoms with Crippen LogP contribution in [0.3, 0.4) is 0 Å². The van der Waals surface area contributed by atoms with E-state index in [9.17, 15) is 5.11 Å². The van der Waals surface area contributed by atoms with Gasteiger partial charge in [-0.05, 0) is 71.8 Å². The largest absolute Gasteiger partial charge is 0.393 e. The van der Waals surface area contributed by atoms with E-state index in [1.807, 2.05) is 18.2 Å². The number of rotatable bonds is 5. The van der Waals surface area contributed by atoms with E-state index in [2.05, 4.69) is 70.1 Å². The van der Waals surface area contributed by atoms with Crippen LogP contribution in [0.1, 0.15) is 64.9 Å². The van der Waals surface area contributed by atoms with Crippen molar-refractivity contribution in [1.82, 2.24) is 5.32 Å². The molecular weight excluding hydrogens is 378 g/mol. The van der Waals surface area contributed by atoms with Crippen LogP contribution in [0.15, 0.2) is 84.6 Å². The van der Waals surface area contributed by atoms with Gasteiger partial charge < -0.3 is 10.4 Å². The average Bonchev–Trinajstić information content (AvgIpc) is 2.71. The molecule has 0 amide bonds. The topological polar surface area (TPSA) is 32.3 Å². The number of aliphatic hydroxyl groups excluding tert-OH is 1. The lowest BCUT2D eigenvalue weighted by molar-refractivity contribution is 0.111. The van der Waals surface area contributed by atoms with Gasteiger partial charge >= 0.3 is 0 Å². The molecule has 0 aliphatic heterocycles. The van der Waals surface area contributed by atoms with Crippen LogP contribution in [0.2, 0.25) is 0 Å². The molecule has 0 bridgehead atoms. The summed E-state index contributed by atoms with van der Waals surface area (Å²) < 4.78 is 0. The second-order valence-electron chi connectivity index (χ2n) is 10.3. The maximum absolute atomic E-state index is 10.2. The summed E-state index contributed by atoms with van der Waals surface area (Å²) in [7, 11) is 0. The third-order valence-electron chi connectivity index (χ3n) is 6.71. The molecule has 0 aromatic heterocycles. The molecule has 3 atom stereocenters. The Hall–Kier alpha value is -2.32. The van der Waals surface area contributed by atoms with E-state index in [1.54, 1.807) is 0 Å². The van der Waals surface area contributed by atoms with Crippen molar-refractivity contribution in [3.63, 3.8) is 0 Å². The molecule has 3 unspecified atom stereocenters. The summed E-state index contributed by atoms with van der Waals surface area (Å²) in [6.07, 6.45) is 10.2. The summed E-state index contributed by atoms with van der Waals surface area (Å²) in [5, 5.41) is 13.8. The van der Waals surface area contributed by atoms with Crippen molar-refractivity contribution in [3.8, 4) is 0 Å². The third kappa shape index (κ3) is 6.11. The first kappa shape index (κ1) is 23.3. The normalized spacial score (nSPS) is 28.4. The Labute approximate surface area is 189 Å². The van der Waals surface area contributed by atoms with Crippen LogP contribution in [0.4, 0.5) is 0 Å². The molecule has 2 nitrogen and oxygen atoms in total. The number of benzene rings is 1. The van der Waals surface area contributed by atoms with Gasteiger partial charge in [0.25, 0.3) is 0 Å². The summed E-state index contributed by atoms with van der Waals surface area (Å²) in [6.45, 7) is 20.0. The molecular formula is C29H39NO. The van der Waals surface area contributed by atoms with Crippen LogP contribution < -0.4 is 5.32 Å². The minimum atomic E-state index is -0.190. The molecule has 31 heavy (non-hydrogen) atoms. The molecule has 1 aromatic carbocycles. The first-order valence-electron chi connectivity index (χ1n) is 11.6. The fourth-order valence-corrected chi connectivity index (χ4v) is 4.87. The highest BCUT2D eigenvalue weighted by molar-refractivity contribution is 5.63. The van der Waals surface area contributed by atoms with Crippen molar-refractivity contribution in [2.24, 2.45) is 17.3 Å². The number of hydrogen-bond acceptors (Lipinski definition) is 2. The zero-order valence-electron chi connectivity index (χ0n) is 19.6. The quantitative estimate of drug-likeness (QED) is 0.532. The summed E-state index contributed by atoms with van der Waals surface area (Å²) in [4.78, 5) is 0. The summed E-state index contributed by atoms with van der Waals surface area (Å²) in [6, 6.07) is 10.2. The minimum absolute atomic E-state index is 0.0596. The molecule has 1 saturated carbocycles. The second kappa shape index (κ2) is 9.87. The van der Waals surface area contributed by atoms with Gasteiger partial charge in [0, 0.05) is 17.3 Å². The molecule has 2 aliphatic rings. The van der Waals surface area contributed by atoms with Crippen molar-refractivity contribution >= 4 is 5.70 Å². The highest BCUT2D eigenvalue weighted by Gasteiger charge is 2.29. The van der Waals surface area contributed by atoms with Crippen LogP contribution in [0, 0.1) is 17.3 Å². The molecule has 2 heteroatoms. The minimum Gasteiger partial charge on any atom is -0.393 e.